The number of halogens is 1. The van der Waals surface area contributed by atoms with Crippen molar-refractivity contribution in [3.05, 3.63) is 102 Å². The highest BCUT2D eigenvalue weighted by Crippen LogP contribution is 2.36. The second-order valence-electron chi connectivity index (χ2n) is 7.11. The molecule has 0 saturated heterocycles. The Balaban J connectivity index is 1.44. The largest absolute Gasteiger partial charge is 0.353 e. The summed E-state index contributed by atoms with van der Waals surface area (Å²) in [5, 5.41) is 11.8. The van der Waals surface area contributed by atoms with Crippen molar-refractivity contribution in [3.63, 3.8) is 0 Å². The van der Waals surface area contributed by atoms with Gasteiger partial charge in [-0.3, -0.25) is 4.79 Å². The minimum Gasteiger partial charge on any atom is -0.353 e. The van der Waals surface area contributed by atoms with Gasteiger partial charge in [-0.25, -0.2) is 9.07 Å². The highest BCUT2D eigenvalue weighted by Gasteiger charge is 2.27. The van der Waals surface area contributed by atoms with Crippen molar-refractivity contribution in [1.82, 2.24) is 15.0 Å². The average Bonchev–Trinajstić information content (AvgIpc) is 3.16. The molecule has 0 unspecified atom stereocenters. The van der Waals surface area contributed by atoms with E-state index in [0.29, 0.717) is 17.8 Å². The van der Waals surface area contributed by atoms with Crippen molar-refractivity contribution in [2.24, 2.45) is 0 Å². The normalized spacial score (nSPS) is 12.7. The third kappa shape index (κ3) is 3.41. The molecule has 1 aliphatic rings. The van der Waals surface area contributed by atoms with Crippen LogP contribution in [0.2, 0.25) is 0 Å². The fourth-order valence-electron chi connectivity index (χ4n) is 3.58. The zero-order valence-corrected chi connectivity index (χ0v) is 16.0. The number of para-hydroxylation sites is 3. The first-order valence-electron chi connectivity index (χ1n) is 9.58. The van der Waals surface area contributed by atoms with E-state index in [2.05, 4.69) is 15.6 Å². The van der Waals surface area contributed by atoms with Crippen LogP contribution in [-0.4, -0.2) is 20.9 Å². The zero-order chi connectivity index (χ0) is 20.5. The Labute approximate surface area is 172 Å². The van der Waals surface area contributed by atoms with Crippen LogP contribution in [0.5, 0.6) is 0 Å². The number of nitrogens with one attached hydrogen (secondary N) is 1. The molecule has 0 bridgehead atoms. The van der Waals surface area contributed by atoms with Crippen molar-refractivity contribution in [3.8, 4) is 0 Å². The van der Waals surface area contributed by atoms with E-state index >= 15 is 0 Å². The van der Waals surface area contributed by atoms with Gasteiger partial charge in [-0.05, 0) is 42.0 Å². The number of hydrogen-bond acceptors (Lipinski definition) is 4. The molecule has 30 heavy (non-hydrogen) atoms. The third-order valence-electron chi connectivity index (χ3n) is 5.03. The number of aromatic nitrogens is 3. The summed E-state index contributed by atoms with van der Waals surface area (Å²) in [6.45, 7) is 0.761. The summed E-state index contributed by atoms with van der Waals surface area (Å²) in [5.74, 6) is -0.374. The van der Waals surface area contributed by atoms with Crippen LogP contribution in [-0.2, 0) is 13.1 Å². The molecule has 1 amide bonds. The molecule has 6 nitrogen and oxygen atoms in total. The summed E-state index contributed by atoms with van der Waals surface area (Å²) in [6.07, 6.45) is 1.81. The van der Waals surface area contributed by atoms with Gasteiger partial charge in [-0.1, -0.05) is 41.6 Å². The van der Waals surface area contributed by atoms with E-state index in [1.54, 1.807) is 21.7 Å². The van der Waals surface area contributed by atoms with Crippen LogP contribution < -0.4 is 10.2 Å². The Morgan fingerprint density at radius 1 is 0.867 bits per heavy atom. The molecule has 2 heterocycles. The number of carbonyl (C=O) groups is 1. The molecule has 1 aromatic heterocycles. The number of rotatable bonds is 4. The summed E-state index contributed by atoms with van der Waals surface area (Å²) in [7, 11) is 0. The quantitative estimate of drug-likeness (QED) is 0.554. The second-order valence-corrected chi connectivity index (χ2v) is 7.11. The fourth-order valence-corrected chi connectivity index (χ4v) is 3.58. The van der Waals surface area contributed by atoms with Crippen molar-refractivity contribution < 1.29 is 9.18 Å². The van der Waals surface area contributed by atoms with Gasteiger partial charge in [0.05, 0.1) is 41.9 Å². The number of fused-ring (bicyclic) bond motifs is 2. The van der Waals surface area contributed by atoms with E-state index in [-0.39, 0.29) is 18.3 Å². The summed E-state index contributed by atoms with van der Waals surface area (Å²) in [5.41, 5.74) is 4.60. The molecule has 4 aromatic rings. The molecular weight excluding hydrogens is 381 g/mol. The zero-order valence-electron chi connectivity index (χ0n) is 16.0. The maximum absolute atomic E-state index is 13.3. The van der Waals surface area contributed by atoms with Crippen molar-refractivity contribution in [2.75, 3.05) is 10.2 Å². The summed E-state index contributed by atoms with van der Waals surface area (Å²) in [6, 6.07) is 21.4. The van der Waals surface area contributed by atoms with Crippen LogP contribution in [0.25, 0.3) is 0 Å². The first kappa shape index (κ1) is 18.1. The minimum atomic E-state index is -0.273. The Bertz CT molecular complexity index is 1220. The van der Waals surface area contributed by atoms with E-state index in [9.17, 15) is 9.18 Å². The smallest absolute Gasteiger partial charge is 0.260 e. The molecule has 0 aliphatic carbocycles. The Morgan fingerprint density at radius 2 is 1.60 bits per heavy atom. The van der Waals surface area contributed by atoms with Gasteiger partial charge in [0, 0.05) is 0 Å². The predicted octanol–water partition coefficient (Wildman–Crippen LogP) is 4.37. The summed E-state index contributed by atoms with van der Waals surface area (Å²) >= 11 is 0. The Morgan fingerprint density at radius 3 is 2.43 bits per heavy atom. The maximum Gasteiger partial charge on any atom is 0.260 e. The number of nitrogens with zero attached hydrogens (tertiary/aromatic N) is 4. The Hall–Kier alpha value is -4.00. The molecule has 0 fully saturated rings. The number of amides is 1. The van der Waals surface area contributed by atoms with Gasteiger partial charge in [-0.15, -0.1) is 5.10 Å². The van der Waals surface area contributed by atoms with Gasteiger partial charge in [0.15, 0.2) is 0 Å². The average molecular weight is 399 g/mol. The van der Waals surface area contributed by atoms with Crippen LogP contribution in [0.4, 0.5) is 21.5 Å². The summed E-state index contributed by atoms with van der Waals surface area (Å²) < 4.78 is 14.8. The molecular formula is C23H18FN5O. The van der Waals surface area contributed by atoms with Crippen LogP contribution in [0.15, 0.2) is 79.0 Å². The molecule has 0 saturated carbocycles. The fraction of sp³-hybridized carbons (Fsp3) is 0.0870. The lowest BCUT2D eigenvalue weighted by molar-refractivity contribution is 0.0986. The topological polar surface area (TPSA) is 63.1 Å². The lowest BCUT2D eigenvalue weighted by atomic mass is 10.1. The number of hydrogen-bond donors (Lipinski definition) is 1. The van der Waals surface area contributed by atoms with Crippen LogP contribution in [0, 0.1) is 5.82 Å². The van der Waals surface area contributed by atoms with Gasteiger partial charge in [-0.2, -0.15) is 0 Å². The van der Waals surface area contributed by atoms with E-state index in [4.69, 9.17) is 0 Å². The number of benzene rings is 3. The molecule has 1 aliphatic heterocycles. The van der Waals surface area contributed by atoms with Crippen molar-refractivity contribution in [2.45, 2.75) is 13.1 Å². The molecule has 0 atom stereocenters. The highest BCUT2D eigenvalue weighted by molar-refractivity contribution is 6.13. The lowest BCUT2D eigenvalue weighted by Gasteiger charge is -2.21. The predicted molar refractivity (Wildman–Crippen MR) is 112 cm³/mol. The van der Waals surface area contributed by atoms with Gasteiger partial charge in [0.1, 0.15) is 11.5 Å². The molecule has 1 N–H and O–H groups in total. The third-order valence-corrected chi connectivity index (χ3v) is 5.03. The van der Waals surface area contributed by atoms with Crippen LogP contribution in [0.3, 0.4) is 0 Å². The van der Waals surface area contributed by atoms with Gasteiger partial charge in [0.25, 0.3) is 5.91 Å². The van der Waals surface area contributed by atoms with Crippen molar-refractivity contribution >= 4 is 23.0 Å². The Kier molecular flexibility index (Phi) is 4.48. The van der Waals surface area contributed by atoms with Gasteiger partial charge < -0.3 is 10.2 Å². The summed E-state index contributed by atoms with van der Waals surface area (Å²) in [4.78, 5) is 15.0. The van der Waals surface area contributed by atoms with Crippen LogP contribution in [0.1, 0.15) is 21.6 Å². The second kappa shape index (κ2) is 7.44. The van der Waals surface area contributed by atoms with Gasteiger partial charge >= 0.3 is 0 Å². The first-order chi connectivity index (χ1) is 14.7. The van der Waals surface area contributed by atoms with E-state index in [1.165, 1.54) is 12.1 Å². The minimum absolute atomic E-state index is 0.101. The maximum atomic E-state index is 13.3. The SMILES string of the molecule is O=C1c2ccccc2Nc2ccccc2N1Cc1cn(Cc2ccc(F)cc2)nn1. The van der Waals surface area contributed by atoms with Gasteiger partial charge in [0.2, 0.25) is 0 Å². The van der Waals surface area contributed by atoms with E-state index in [0.717, 1.165) is 22.6 Å². The van der Waals surface area contributed by atoms with E-state index in [1.807, 2.05) is 54.7 Å². The molecule has 3 aromatic carbocycles. The highest BCUT2D eigenvalue weighted by atomic mass is 19.1. The molecule has 7 heteroatoms. The van der Waals surface area contributed by atoms with E-state index < -0.39 is 0 Å². The molecule has 5 rings (SSSR count). The molecule has 148 valence electrons. The molecule has 0 radical (unpaired) electrons. The first-order valence-corrected chi connectivity index (χ1v) is 9.58. The number of anilines is 3. The van der Waals surface area contributed by atoms with Crippen molar-refractivity contribution in [1.29, 1.82) is 0 Å². The molecule has 0 spiro atoms. The monoisotopic (exact) mass is 399 g/mol. The number of carbonyl (C=O) groups excluding carboxylic acids is 1. The lowest BCUT2D eigenvalue weighted by Crippen LogP contribution is -2.30. The van der Waals surface area contributed by atoms with Crippen LogP contribution >= 0.6 is 0 Å². The standard InChI is InChI=1S/C23H18FN5O/c24-17-11-9-16(10-12-17)13-28-14-18(26-27-28)15-29-22-8-4-3-7-21(22)25-20-6-2-1-5-19(20)23(29)30/h1-12,14,25H,13,15H2.